The Hall–Kier alpha value is -1.53. The van der Waals surface area contributed by atoms with Gasteiger partial charge in [-0.3, -0.25) is 4.79 Å². The summed E-state index contributed by atoms with van der Waals surface area (Å²) in [7, 11) is 0. The number of rotatable bonds is 5. The summed E-state index contributed by atoms with van der Waals surface area (Å²) in [5.41, 5.74) is 6.93. The lowest BCUT2D eigenvalue weighted by Crippen LogP contribution is -2.28. The van der Waals surface area contributed by atoms with Crippen molar-refractivity contribution in [3.63, 3.8) is 0 Å². The number of benzene rings is 2. The summed E-state index contributed by atoms with van der Waals surface area (Å²) in [5, 5.41) is 2.80. The van der Waals surface area contributed by atoms with Gasteiger partial charge in [0.05, 0.1) is 12.2 Å². The van der Waals surface area contributed by atoms with Crippen LogP contribution < -0.4 is 15.8 Å². The number of carbonyl (C=O) groups excluding carboxylic acids is 1. The van der Waals surface area contributed by atoms with Crippen molar-refractivity contribution in [2.45, 2.75) is 0 Å². The van der Waals surface area contributed by atoms with Crippen molar-refractivity contribution >= 4 is 43.5 Å². The Morgan fingerprint density at radius 2 is 1.81 bits per heavy atom. The summed E-state index contributed by atoms with van der Waals surface area (Å²) >= 11 is 6.71. The fraction of sp³-hybridized carbons (Fsp3) is 0.133. The monoisotopic (exact) mass is 412 g/mol. The molecule has 110 valence electrons. The Morgan fingerprint density at radius 3 is 2.48 bits per heavy atom. The van der Waals surface area contributed by atoms with Crippen LogP contribution >= 0.6 is 31.9 Å². The second kappa shape index (κ2) is 7.47. The van der Waals surface area contributed by atoms with Gasteiger partial charge >= 0.3 is 0 Å². The predicted molar refractivity (Wildman–Crippen MR) is 90.5 cm³/mol. The zero-order valence-corrected chi connectivity index (χ0v) is 14.3. The van der Waals surface area contributed by atoms with E-state index in [-0.39, 0.29) is 5.91 Å². The molecule has 0 aliphatic rings. The van der Waals surface area contributed by atoms with Crippen LogP contribution in [-0.2, 0) is 0 Å². The molecular weight excluding hydrogens is 400 g/mol. The highest BCUT2D eigenvalue weighted by Gasteiger charge is 2.07. The van der Waals surface area contributed by atoms with Gasteiger partial charge in [-0.05, 0) is 30.3 Å². The van der Waals surface area contributed by atoms with Crippen LogP contribution in [0, 0.1) is 0 Å². The van der Waals surface area contributed by atoms with Gasteiger partial charge in [-0.15, -0.1) is 0 Å². The number of para-hydroxylation sites is 2. The maximum atomic E-state index is 12.0. The molecular formula is C15H14Br2N2O2. The van der Waals surface area contributed by atoms with Gasteiger partial charge in [0.25, 0.3) is 5.91 Å². The zero-order valence-electron chi connectivity index (χ0n) is 11.1. The minimum atomic E-state index is -0.151. The fourth-order valence-corrected chi connectivity index (χ4v) is 3.02. The third-order valence-corrected chi connectivity index (χ3v) is 3.60. The number of carbonyl (C=O) groups is 1. The Labute approximate surface area is 139 Å². The average Bonchev–Trinajstić information content (AvgIpc) is 2.44. The lowest BCUT2D eigenvalue weighted by molar-refractivity contribution is 0.0947. The van der Waals surface area contributed by atoms with E-state index in [0.29, 0.717) is 30.2 Å². The Kier molecular flexibility index (Phi) is 5.64. The van der Waals surface area contributed by atoms with Gasteiger partial charge in [0.2, 0.25) is 0 Å². The van der Waals surface area contributed by atoms with E-state index in [1.54, 1.807) is 24.3 Å². The minimum Gasteiger partial charge on any atom is -0.490 e. The van der Waals surface area contributed by atoms with Crippen LogP contribution in [0.3, 0.4) is 0 Å². The molecule has 0 radical (unpaired) electrons. The first-order chi connectivity index (χ1) is 10.1. The molecule has 4 nitrogen and oxygen atoms in total. The Balaban J connectivity index is 1.83. The minimum absolute atomic E-state index is 0.151. The van der Waals surface area contributed by atoms with Crippen molar-refractivity contribution in [1.82, 2.24) is 5.32 Å². The second-order valence-corrected chi connectivity index (χ2v) is 6.13. The quantitative estimate of drug-likeness (QED) is 0.581. The van der Waals surface area contributed by atoms with E-state index >= 15 is 0 Å². The maximum absolute atomic E-state index is 12.0. The smallest absolute Gasteiger partial charge is 0.251 e. The van der Waals surface area contributed by atoms with Crippen LogP contribution in [0.25, 0.3) is 0 Å². The lowest BCUT2D eigenvalue weighted by atomic mass is 10.2. The number of hydrogen-bond acceptors (Lipinski definition) is 3. The van der Waals surface area contributed by atoms with E-state index in [9.17, 15) is 4.79 Å². The molecule has 1 amide bonds. The molecule has 0 aliphatic heterocycles. The second-order valence-electron chi connectivity index (χ2n) is 4.30. The molecule has 21 heavy (non-hydrogen) atoms. The summed E-state index contributed by atoms with van der Waals surface area (Å²) in [6.45, 7) is 0.756. The molecule has 2 rings (SSSR count). The number of nitrogens with one attached hydrogen (secondary N) is 1. The highest BCUT2D eigenvalue weighted by atomic mass is 79.9. The van der Waals surface area contributed by atoms with E-state index in [2.05, 4.69) is 37.2 Å². The summed E-state index contributed by atoms with van der Waals surface area (Å²) in [6.07, 6.45) is 0. The standard InChI is InChI=1S/C15H14Br2N2O2/c16-11-7-10(8-12(17)9-11)15(20)19-5-6-21-14-4-2-1-3-13(14)18/h1-4,7-9H,5-6,18H2,(H,19,20). The van der Waals surface area contributed by atoms with Crippen LogP contribution in [0.5, 0.6) is 5.75 Å². The summed E-state index contributed by atoms with van der Waals surface area (Å²) in [6, 6.07) is 12.7. The molecule has 6 heteroatoms. The molecule has 0 spiro atoms. The predicted octanol–water partition coefficient (Wildman–Crippen LogP) is 3.60. The molecule has 2 aromatic carbocycles. The van der Waals surface area contributed by atoms with Crippen LogP contribution in [0.2, 0.25) is 0 Å². The molecule has 0 aromatic heterocycles. The van der Waals surface area contributed by atoms with E-state index < -0.39 is 0 Å². The van der Waals surface area contributed by atoms with Crippen molar-refractivity contribution < 1.29 is 9.53 Å². The van der Waals surface area contributed by atoms with E-state index in [1.165, 1.54) is 0 Å². The van der Waals surface area contributed by atoms with Crippen molar-refractivity contribution in [1.29, 1.82) is 0 Å². The molecule has 2 aromatic rings. The highest BCUT2D eigenvalue weighted by Crippen LogP contribution is 2.20. The zero-order chi connectivity index (χ0) is 15.2. The number of nitrogen functional groups attached to an aromatic ring is 1. The molecule has 0 saturated heterocycles. The van der Waals surface area contributed by atoms with Crippen molar-refractivity contribution in [3.05, 3.63) is 57.0 Å². The van der Waals surface area contributed by atoms with Gasteiger partial charge in [-0.2, -0.15) is 0 Å². The van der Waals surface area contributed by atoms with Crippen LogP contribution in [0.4, 0.5) is 5.69 Å². The topological polar surface area (TPSA) is 64.3 Å². The van der Waals surface area contributed by atoms with Gasteiger partial charge in [-0.1, -0.05) is 44.0 Å². The normalized spacial score (nSPS) is 10.2. The summed E-state index contributed by atoms with van der Waals surface area (Å²) in [4.78, 5) is 12.0. The SMILES string of the molecule is Nc1ccccc1OCCNC(=O)c1cc(Br)cc(Br)c1. The van der Waals surface area contributed by atoms with Crippen molar-refractivity contribution in [2.75, 3.05) is 18.9 Å². The molecule has 0 aliphatic carbocycles. The van der Waals surface area contributed by atoms with Crippen LogP contribution in [0.1, 0.15) is 10.4 Å². The van der Waals surface area contributed by atoms with Crippen LogP contribution in [-0.4, -0.2) is 19.1 Å². The Morgan fingerprint density at radius 1 is 1.14 bits per heavy atom. The molecule has 0 saturated carbocycles. The molecule has 0 bridgehead atoms. The number of anilines is 1. The molecule has 0 unspecified atom stereocenters. The number of amides is 1. The van der Waals surface area contributed by atoms with E-state index in [4.69, 9.17) is 10.5 Å². The van der Waals surface area contributed by atoms with Crippen LogP contribution in [0.15, 0.2) is 51.4 Å². The summed E-state index contributed by atoms with van der Waals surface area (Å²) in [5.74, 6) is 0.471. The average molecular weight is 414 g/mol. The number of hydrogen-bond donors (Lipinski definition) is 2. The first-order valence-electron chi connectivity index (χ1n) is 6.28. The molecule has 0 heterocycles. The van der Waals surface area contributed by atoms with Gasteiger partial charge in [0.1, 0.15) is 12.4 Å². The van der Waals surface area contributed by atoms with Gasteiger partial charge in [0.15, 0.2) is 0 Å². The first-order valence-corrected chi connectivity index (χ1v) is 7.86. The van der Waals surface area contributed by atoms with E-state index in [1.807, 2.05) is 18.2 Å². The highest BCUT2D eigenvalue weighted by molar-refractivity contribution is 9.11. The van der Waals surface area contributed by atoms with Gasteiger partial charge in [-0.25, -0.2) is 0 Å². The maximum Gasteiger partial charge on any atom is 0.251 e. The van der Waals surface area contributed by atoms with Gasteiger partial charge in [0, 0.05) is 14.5 Å². The first kappa shape index (κ1) is 15.9. The molecule has 0 atom stereocenters. The largest absolute Gasteiger partial charge is 0.490 e. The van der Waals surface area contributed by atoms with E-state index in [0.717, 1.165) is 8.95 Å². The summed E-state index contributed by atoms with van der Waals surface area (Å²) < 4.78 is 7.20. The fourth-order valence-electron chi connectivity index (χ4n) is 1.72. The Bertz CT molecular complexity index is 627. The lowest BCUT2D eigenvalue weighted by Gasteiger charge is -2.10. The number of halogens is 2. The third kappa shape index (κ3) is 4.75. The molecule has 0 fully saturated rings. The third-order valence-electron chi connectivity index (χ3n) is 2.69. The van der Waals surface area contributed by atoms with Gasteiger partial charge < -0.3 is 15.8 Å². The number of nitrogens with two attached hydrogens (primary N) is 1. The van der Waals surface area contributed by atoms with Crippen molar-refractivity contribution in [2.24, 2.45) is 0 Å². The number of ether oxygens (including phenoxy) is 1. The molecule has 3 N–H and O–H groups in total. The van der Waals surface area contributed by atoms with Crippen molar-refractivity contribution in [3.8, 4) is 5.75 Å².